The molecule has 0 fully saturated rings. The Labute approximate surface area is 207 Å². The fourth-order valence-corrected chi connectivity index (χ4v) is 4.62. The first-order valence-corrected chi connectivity index (χ1v) is 12.1. The van der Waals surface area contributed by atoms with E-state index in [1.807, 2.05) is 0 Å². The standard InChI is InChI=1S/C33H28O2/c1-33(2,29-11-15-31(16-12-29)34-21-23-3-5-25-7-9-27(25)19-23)30-13-17-32(18-14-30)35-22-24-4-6-26-8-10-28(26)20-24/h3-20H,21-22H2,1-2H3. The molecule has 0 atom stereocenters. The number of ether oxygens (including phenoxy) is 2. The van der Waals surface area contributed by atoms with Crippen molar-refractivity contribution >= 4 is 24.3 Å². The summed E-state index contributed by atoms with van der Waals surface area (Å²) in [5.41, 5.74) is 9.96. The fourth-order valence-electron chi connectivity index (χ4n) is 4.62. The summed E-state index contributed by atoms with van der Waals surface area (Å²) < 4.78 is 12.1. The highest BCUT2D eigenvalue weighted by Crippen LogP contribution is 2.34. The second-order valence-corrected chi connectivity index (χ2v) is 9.84. The second-order valence-electron chi connectivity index (χ2n) is 9.84. The molecule has 35 heavy (non-hydrogen) atoms. The smallest absolute Gasteiger partial charge is 0.119 e. The molecule has 0 spiro atoms. The first-order chi connectivity index (χ1) is 17.0. The van der Waals surface area contributed by atoms with Crippen LogP contribution in [0.1, 0.15) is 58.4 Å². The largest absolute Gasteiger partial charge is 0.489 e. The lowest BCUT2D eigenvalue weighted by molar-refractivity contribution is 0.306. The van der Waals surface area contributed by atoms with E-state index in [1.165, 1.54) is 44.5 Å². The van der Waals surface area contributed by atoms with Gasteiger partial charge in [-0.05, 0) is 80.9 Å². The number of fused-ring (bicyclic) bond motifs is 2. The molecule has 6 rings (SSSR count). The quantitative estimate of drug-likeness (QED) is 0.230. The summed E-state index contributed by atoms with van der Waals surface area (Å²) in [4.78, 5) is 0. The number of benzene rings is 4. The Morgan fingerprint density at radius 3 is 1.23 bits per heavy atom. The van der Waals surface area contributed by atoms with Gasteiger partial charge in [-0.2, -0.15) is 0 Å². The SMILES string of the molecule is CC(C)(c1ccc(OCc2ccc3c(c2)C=C3)cc1)c1ccc(OCc2ccc3c(c2)C=C3)cc1. The molecule has 0 heterocycles. The third kappa shape index (κ3) is 4.28. The highest BCUT2D eigenvalue weighted by Gasteiger charge is 2.23. The van der Waals surface area contributed by atoms with Crippen molar-refractivity contribution in [2.75, 3.05) is 0 Å². The van der Waals surface area contributed by atoms with Gasteiger partial charge in [-0.1, -0.05) is 86.7 Å². The minimum absolute atomic E-state index is 0.126. The van der Waals surface area contributed by atoms with E-state index in [0.29, 0.717) is 13.2 Å². The van der Waals surface area contributed by atoms with E-state index in [4.69, 9.17) is 9.47 Å². The van der Waals surface area contributed by atoms with Gasteiger partial charge in [0.15, 0.2) is 0 Å². The lowest BCUT2D eigenvalue weighted by atomic mass is 9.78. The molecular weight excluding hydrogens is 428 g/mol. The third-order valence-corrected chi connectivity index (χ3v) is 7.15. The van der Waals surface area contributed by atoms with Crippen LogP contribution in [0.15, 0.2) is 84.9 Å². The predicted octanol–water partition coefficient (Wildman–Crippen LogP) is 8.14. The van der Waals surface area contributed by atoms with Crippen LogP contribution in [-0.2, 0) is 18.6 Å². The van der Waals surface area contributed by atoms with Crippen LogP contribution < -0.4 is 9.47 Å². The Balaban J connectivity index is 1.07. The van der Waals surface area contributed by atoms with Gasteiger partial charge in [0.2, 0.25) is 0 Å². The van der Waals surface area contributed by atoms with Crippen molar-refractivity contribution in [2.45, 2.75) is 32.5 Å². The van der Waals surface area contributed by atoms with Gasteiger partial charge in [0.1, 0.15) is 24.7 Å². The van der Waals surface area contributed by atoms with Gasteiger partial charge in [-0.3, -0.25) is 0 Å². The Morgan fingerprint density at radius 1 is 0.486 bits per heavy atom. The highest BCUT2D eigenvalue weighted by molar-refractivity contribution is 5.86. The van der Waals surface area contributed by atoms with Gasteiger partial charge in [0.25, 0.3) is 0 Å². The van der Waals surface area contributed by atoms with E-state index in [0.717, 1.165) is 11.5 Å². The summed E-state index contributed by atoms with van der Waals surface area (Å²) in [5.74, 6) is 1.77. The molecule has 2 heteroatoms. The van der Waals surface area contributed by atoms with Crippen molar-refractivity contribution in [1.82, 2.24) is 0 Å². The van der Waals surface area contributed by atoms with Gasteiger partial charge in [-0.15, -0.1) is 0 Å². The normalized spacial score (nSPS) is 12.9. The van der Waals surface area contributed by atoms with E-state index in [9.17, 15) is 0 Å². The lowest BCUT2D eigenvalue weighted by Gasteiger charge is -2.26. The molecule has 2 aliphatic carbocycles. The molecular formula is C33H28O2. The maximum Gasteiger partial charge on any atom is 0.119 e. The molecule has 2 aliphatic rings. The van der Waals surface area contributed by atoms with E-state index in [-0.39, 0.29) is 5.41 Å². The minimum atomic E-state index is -0.126. The summed E-state index contributed by atoms with van der Waals surface area (Å²) in [7, 11) is 0. The zero-order chi connectivity index (χ0) is 23.8. The zero-order valence-corrected chi connectivity index (χ0v) is 20.1. The van der Waals surface area contributed by atoms with E-state index < -0.39 is 0 Å². The first-order valence-electron chi connectivity index (χ1n) is 12.1. The van der Waals surface area contributed by atoms with E-state index >= 15 is 0 Å². The van der Waals surface area contributed by atoms with Gasteiger partial charge >= 0.3 is 0 Å². The van der Waals surface area contributed by atoms with Crippen LogP contribution in [0.25, 0.3) is 24.3 Å². The molecule has 0 bridgehead atoms. The van der Waals surface area contributed by atoms with Crippen LogP contribution >= 0.6 is 0 Å². The molecule has 0 saturated heterocycles. The Hall–Kier alpha value is -4.04. The molecule has 4 aromatic rings. The van der Waals surface area contributed by atoms with Crippen LogP contribution in [0.5, 0.6) is 11.5 Å². The molecule has 2 nitrogen and oxygen atoms in total. The minimum Gasteiger partial charge on any atom is -0.489 e. The maximum absolute atomic E-state index is 6.04. The zero-order valence-electron chi connectivity index (χ0n) is 20.1. The molecule has 0 radical (unpaired) electrons. The summed E-state index contributed by atoms with van der Waals surface area (Å²) in [5, 5.41) is 0. The third-order valence-electron chi connectivity index (χ3n) is 7.15. The molecule has 0 aliphatic heterocycles. The van der Waals surface area contributed by atoms with Crippen LogP contribution in [0, 0.1) is 0 Å². The molecule has 0 N–H and O–H groups in total. The summed E-state index contributed by atoms with van der Waals surface area (Å²) in [6.45, 7) is 5.66. The molecule has 0 aromatic heterocycles. The Bertz CT molecular complexity index is 1330. The van der Waals surface area contributed by atoms with Crippen LogP contribution in [0.2, 0.25) is 0 Å². The van der Waals surface area contributed by atoms with Crippen molar-refractivity contribution in [3.8, 4) is 11.5 Å². The number of hydrogen-bond donors (Lipinski definition) is 0. The van der Waals surface area contributed by atoms with Gasteiger partial charge < -0.3 is 9.47 Å². The molecule has 172 valence electrons. The Morgan fingerprint density at radius 2 is 0.886 bits per heavy atom. The van der Waals surface area contributed by atoms with Crippen molar-refractivity contribution in [3.05, 3.63) is 129 Å². The summed E-state index contributed by atoms with van der Waals surface area (Å²) in [6, 6.07) is 29.9. The van der Waals surface area contributed by atoms with Crippen LogP contribution in [0.3, 0.4) is 0 Å². The molecule has 0 amide bonds. The van der Waals surface area contributed by atoms with Crippen LogP contribution in [-0.4, -0.2) is 0 Å². The van der Waals surface area contributed by atoms with Crippen LogP contribution in [0.4, 0.5) is 0 Å². The lowest BCUT2D eigenvalue weighted by Crippen LogP contribution is -2.18. The fraction of sp³-hybridized carbons (Fsp3) is 0.152. The second kappa shape index (κ2) is 8.63. The van der Waals surface area contributed by atoms with Crippen molar-refractivity contribution < 1.29 is 9.47 Å². The monoisotopic (exact) mass is 456 g/mol. The van der Waals surface area contributed by atoms with Gasteiger partial charge in [0, 0.05) is 5.41 Å². The molecule has 4 aromatic carbocycles. The maximum atomic E-state index is 6.04. The molecule has 0 saturated carbocycles. The number of hydrogen-bond acceptors (Lipinski definition) is 2. The van der Waals surface area contributed by atoms with Gasteiger partial charge in [0.05, 0.1) is 0 Å². The van der Waals surface area contributed by atoms with Gasteiger partial charge in [-0.25, -0.2) is 0 Å². The first kappa shape index (κ1) is 21.5. The molecule has 0 unspecified atom stereocenters. The Kier molecular flexibility index (Phi) is 5.30. The highest BCUT2D eigenvalue weighted by atomic mass is 16.5. The van der Waals surface area contributed by atoms with Crippen molar-refractivity contribution in [2.24, 2.45) is 0 Å². The van der Waals surface area contributed by atoms with Crippen molar-refractivity contribution in [1.29, 1.82) is 0 Å². The average molecular weight is 457 g/mol. The topological polar surface area (TPSA) is 18.5 Å². The summed E-state index contributed by atoms with van der Waals surface area (Å²) >= 11 is 0. The van der Waals surface area contributed by atoms with Crippen molar-refractivity contribution in [3.63, 3.8) is 0 Å². The van der Waals surface area contributed by atoms with E-state index in [2.05, 4.69) is 123 Å². The predicted molar refractivity (Wildman–Crippen MR) is 144 cm³/mol. The summed E-state index contributed by atoms with van der Waals surface area (Å²) in [6.07, 6.45) is 8.54. The number of rotatable bonds is 8. The average Bonchev–Trinajstić information content (AvgIpc) is 2.84. The van der Waals surface area contributed by atoms with E-state index in [1.54, 1.807) is 0 Å².